The lowest BCUT2D eigenvalue weighted by Gasteiger charge is -2.22. The predicted molar refractivity (Wildman–Crippen MR) is 90.6 cm³/mol. The Morgan fingerprint density at radius 1 is 1.04 bits per heavy atom. The third-order valence-corrected chi connectivity index (χ3v) is 4.91. The van der Waals surface area contributed by atoms with Crippen LogP contribution in [0.5, 0.6) is 0 Å². The molecule has 0 aliphatic rings. The maximum Gasteiger partial charge on any atom is 0.342 e. The second kappa shape index (κ2) is 9.86. The van der Waals surface area contributed by atoms with Gasteiger partial charge in [0.25, 0.3) is 0 Å². The molecule has 130 valence electrons. The highest BCUT2D eigenvalue weighted by atomic mass is 31.2. The lowest BCUT2D eigenvalue weighted by atomic mass is 10.1. The molecule has 0 heterocycles. The fourth-order valence-corrected chi connectivity index (χ4v) is 3.94. The molecule has 0 N–H and O–H groups in total. The zero-order valence-electron chi connectivity index (χ0n) is 14.4. The monoisotopic (exact) mass is 342 g/mol. The molecular formula is C17H27O5P. The van der Waals surface area contributed by atoms with E-state index < -0.39 is 13.6 Å². The standard InChI is InChI=1S/C17H27O5P/c1-14(2)21-23(19,22-15(3)4)13-17(18)20-12-8-11-16-9-6-5-7-10-16/h5-7,9-10,14-15H,8,11-13H2,1-4H3. The fraction of sp³-hybridized carbons (Fsp3) is 0.588. The average Bonchev–Trinajstić information content (AvgIpc) is 2.42. The molecule has 0 saturated heterocycles. The quantitative estimate of drug-likeness (QED) is 0.362. The third kappa shape index (κ3) is 8.89. The van der Waals surface area contributed by atoms with E-state index in [0.29, 0.717) is 0 Å². The molecule has 0 aliphatic heterocycles. The number of benzene rings is 1. The Bertz CT molecular complexity index is 499. The van der Waals surface area contributed by atoms with E-state index in [0.717, 1.165) is 12.8 Å². The van der Waals surface area contributed by atoms with Crippen LogP contribution in [0.3, 0.4) is 0 Å². The molecular weight excluding hydrogens is 315 g/mol. The van der Waals surface area contributed by atoms with Crippen LogP contribution >= 0.6 is 7.60 Å². The largest absolute Gasteiger partial charge is 0.465 e. The molecule has 0 spiro atoms. The summed E-state index contributed by atoms with van der Waals surface area (Å²) in [6.07, 6.45) is 0.623. The molecule has 0 fully saturated rings. The number of carbonyl (C=O) groups excluding carboxylic acids is 1. The maximum absolute atomic E-state index is 12.6. The van der Waals surface area contributed by atoms with Crippen LogP contribution in [0.1, 0.15) is 39.7 Å². The van der Waals surface area contributed by atoms with E-state index >= 15 is 0 Å². The van der Waals surface area contributed by atoms with Gasteiger partial charge in [-0.2, -0.15) is 0 Å². The average molecular weight is 342 g/mol. The summed E-state index contributed by atoms with van der Waals surface area (Å²) in [6, 6.07) is 9.98. The SMILES string of the molecule is CC(C)OP(=O)(CC(=O)OCCCc1ccccc1)OC(C)C. The summed E-state index contributed by atoms with van der Waals surface area (Å²) in [6.45, 7) is 7.29. The van der Waals surface area contributed by atoms with Crippen molar-refractivity contribution >= 4 is 13.6 Å². The minimum atomic E-state index is -3.47. The molecule has 1 rings (SSSR count). The van der Waals surface area contributed by atoms with Crippen molar-refractivity contribution in [2.45, 2.75) is 52.7 Å². The second-order valence-corrected chi connectivity index (χ2v) is 7.85. The smallest absolute Gasteiger partial charge is 0.342 e. The summed E-state index contributed by atoms with van der Waals surface area (Å²) < 4.78 is 28.4. The van der Waals surface area contributed by atoms with E-state index in [4.69, 9.17) is 13.8 Å². The second-order valence-electron chi connectivity index (χ2n) is 5.89. The highest BCUT2D eigenvalue weighted by Crippen LogP contribution is 2.50. The van der Waals surface area contributed by atoms with Gasteiger partial charge in [-0.15, -0.1) is 0 Å². The molecule has 6 heteroatoms. The van der Waals surface area contributed by atoms with Crippen molar-refractivity contribution in [1.82, 2.24) is 0 Å². The first-order valence-electron chi connectivity index (χ1n) is 7.96. The van der Waals surface area contributed by atoms with Gasteiger partial charge in [-0.3, -0.25) is 9.36 Å². The Labute approximate surface area is 138 Å². The summed E-state index contributed by atoms with van der Waals surface area (Å²) in [5.41, 5.74) is 1.19. The Morgan fingerprint density at radius 2 is 1.61 bits per heavy atom. The van der Waals surface area contributed by atoms with Crippen molar-refractivity contribution < 1.29 is 23.1 Å². The van der Waals surface area contributed by atoms with Crippen molar-refractivity contribution in [1.29, 1.82) is 0 Å². The first kappa shape index (κ1) is 19.9. The van der Waals surface area contributed by atoms with Crippen molar-refractivity contribution in [3.8, 4) is 0 Å². The third-order valence-electron chi connectivity index (χ3n) is 2.78. The molecule has 5 nitrogen and oxygen atoms in total. The Hall–Kier alpha value is -1.16. The molecule has 0 amide bonds. The van der Waals surface area contributed by atoms with Crippen LogP contribution in [0.15, 0.2) is 30.3 Å². The summed E-state index contributed by atoms with van der Waals surface area (Å²) in [5, 5.41) is 0. The molecule has 1 aromatic rings. The lowest BCUT2D eigenvalue weighted by molar-refractivity contribution is -0.141. The zero-order chi connectivity index (χ0) is 17.3. The van der Waals surface area contributed by atoms with Crippen LogP contribution < -0.4 is 0 Å². The molecule has 0 aromatic heterocycles. The molecule has 0 saturated carbocycles. The van der Waals surface area contributed by atoms with Crippen molar-refractivity contribution in [3.63, 3.8) is 0 Å². The van der Waals surface area contributed by atoms with Gasteiger partial charge in [-0.1, -0.05) is 30.3 Å². The molecule has 0 radical (unpaired) electrons. The predicted octanol–water partition coefficient (Wildman–Crippen LogP) is 4.21. The van der Waals surface area contributed by atoms with E-state index in [2.05, 4.69) is 0 Å². The Balaban J connectivity index is 2.38. The topological polar surface area (TPSA) is 61.8 Å². The van der Waals surface area contributed by atoms with E-state index in [1.54, 1.807) is 27.7 Å². The summed E-state index contributed by atoms with van der Waals surface area (Å²) in [4.78, 5) is 11.9. The minimum absolute atomic E-state index is 0.287. The van der Waals surface area contributed by atoms with Crippen LogP contribution in [0.25, 0.3) is 0 Å². The molecule has 0 bridgehead atoms. The Kier molecular flexibility index (Phi) is 8.53. The molecule has 23 heavy (non-hydrogen) atoms. The van der Waals surface area contributed by atoms with E-state index in [1.807, 2.05) is 30.3 Å². The van der Waals surface area contributed by atoms with Gasteiger partial charge in [-0.05, 0) is 46.1 Å². The van der Waals surface area contributed by atoms with E-state index in [1.165, 1.54) is 5.56 Å². The molecule has 0 atom stereocenters. The number of ether oxygens (including phenoxy) is 1. The number of aryl methyl sites for hydroxylation is 1. The first-order valence-corrected chi connectivity index (χ1v) is 9.69. The van der Waals surface area contributed by atoms with Crippen molar-refractivity contribution in [2.75, 3.05) is 12.8 Å². The number of rotatable bonds is 10. The first-order chi connectivity index (χ1) is 10.8. The maximum atomic E-state index is 12.6. The lowest BCUT2D eigenvalue weighted by Crippen LogP contribution is -2.17. The van der Waals surface area contributed by atoms with Crippen LogP contribution in [-0.2, 0) is 29.6 Å². The Morgan fingerprint density at radius 3 is 2.13 bits per heavy atom. The normalized spacial score (nSPS) is 11.9. The number of carbonyl (C=O) groups is 1. The van der Waals surface area contributed by atoms with Crippen molar-refractivity contribution in [3.05, 3.63) is 35.9 Å². The summed E-state index contributed by atoms with van der Waals surface area (Å²) >= 11 is 0. The zero-order valence-corrected chi connectivity index (χ0v) is 15.3. The van der Waals surface area contributed by atoms with E-state index in [9.17, 15) is 9.36 Å². The van der Waals surface area contributed by atoms with Crippen LogP contribution in [0, 0.1) is 0 Å². The van der Waals surface area contributed by atoms with Gasteiger partial charge < -0.3 is 13.8 Å². The van der Waals surface area contributed by atoms with Crippen LogP contribution in [-0.4, -0.2) is 30.9 Å². The van der Waals surface area contributed by atoms with Gasteiger partial charge in [0.15, 0.2) is 0 Å². The number of esters is 1. The summed E-state index contributed by atoms with van der Waals surface area (Å²) in [5.74, 6) is -0.553. The molecule has 1 aromatic carbocycles. The van der Waals surface area contributed by atoms with Gasteiger partial charge in [0.2, 0.25) is 0 Å². The summed E-state index contributed by atoms with van der Waals surface area (Å²) in [7, 11) is -3.47. The van der Waals surface area contributed by atoms with Gasteiger partial charge in [-0.25, -0.2) is 0 Å². The van der Waals surface area contributed by atoms with Crippen LogP contribution in [0.2, 0.25) is 0 Å². The molecule has 0 aliphatic carbocycles. The molecule has 0 unspecified atom stereocenters. The van der Waals surface area contributed by atoms with Gasteiger partial charge >= 0.3 is 13.6 Å². The minimum Gasteiger partial charge on any atom is -0.465 e. The number of hydrogen-bond acceptors (Lipinski definition) is 5. The van der Waals surface area contributed by atoms with Crippen molar-refractivity contribution in [2.24, 2.45) is 0 Å². The van der Waals surface area contributed by atoms with Gasteiger partial charge in [0.05, 0.1) is 18.8 Å². The van der Waals surface area contributed by atoms with Crippen LogP contribution in [0.4, 0.5) is 0 Å². The number of hydrogen-bond donors (Lipinski definition) is 0. The van der Waals surface area contributed by atoms with Gasteiger partial charge in [0.1, 0.15) is 6.16 Å². The fourth-order valence-electron chi connectivity index (χ4n) is 2.05. The highest BCUT2D eigenvalue weighted by molar-refractivity contribution is 7.54. The van der Waals surface area contributed by atoms with Gasteiger partial charge in [0, 0.05) is 0 Å². The van der Waals surface area contributed by atoms with E-state index in [-0.39, 0.29) is 25.0 Å². The highest BCUT2D eigenvalue weighted by Gasteiger charge is 2.31.